The van der Waals surface area contributed by atoms with Crippen LogP contribution in [0.15, 0.2) is 30.3 Å². The first-order valence-corrected chi connectivity index (χ1v) is 6.98. The number of benzene rings is 1. The molecule has 1 aliphatic heterocycles. The van der Waals surface area contributed by atoms with Crippen LogP contribution in [0.5, 0.6) is 0 Å². The number of nitrogens with zero attached hydrogens (tertiary/aromatic N) is 2. The van der Waals surface area contributed by atoms with Crippen molar-refractivity contribution >= 4 is 0 Å². The maximum atomic E-state index is 9.49. The third-order valence-electron chi connectivity index (χ3n) is 3.78. The fourth-order valence-electron chi connectivity index (χ4n) is 2.55. The SMILES string of the molecule is CN(C)CCN1CC(c2ccccc2)NCC1CO. The van der Waals surface area contributed by atoms with E-state index in [2.05, 4.69) is 53.5 Å². The minimum atomic E-state index is 0.224. The Morgan fingerprint density at radius 3 is 2.68 bits per heavy atom. The van der Waals surface area contributed by atoms with Crippen molar-refractivity contribution in [1.29, 1.82) is 0 Å². The van der Waals surface area contributed by atoms with Crippen molar-refractivity contribution in [3.8, 4) is 0 Å². The number of hydrogen-bond donors (Lipinski definition) is 2. The zero-order valence-corrected chi connectivity index (χ0v) is 11.9. The van der Waals surface area contributed by atoms with E-state index in [9.17, 15) is 5.11 Å². The van der Waals surface area contributed by atoms with Gasteiger partial charge in [-0.25, -0.2) is 0 Å². The Kier molecular flexibility index (Phi) is 5.34. The van der Waals surface area contributed by atoms with Crippen LogP contribution in [0.2, 0.25) is 0 Å². The highest BCUT2D eigenvalue weighted by Gasteiger charge is 2.27. The minimum Gasteiger partial charge on any atom is -0.395 e. The van der Waals surface area contributed by atoms with Crippen LogP contribution in [0.1, 0.15) is 11.6 Å². The second-order valence-corrected chi connectivity index (χ2v) is 5.51. The summed E-state index contributed by atoms with van der Waals surface area (Å²) in [6.07, 6.45) is 0. The van der Waals surface area contributed by atoms with Crippen molar-refractivity contribution in [2.45, 2.75) is 12.1 Å². The molecule has 1 aromatic rings. The molecule has 1 saturated heterocycles. The molecular formula is C15H25N3O. The lowest BCUT2D eigenvalue weighted by molar-refractivity contribution is 0.0750. The van der Waals surface area contributed by atoms with Gasteiger partial charge >= 0.3 is 0 Å². The molecular weight excluding hydrogens is 238 g/mol. The highest BCUT2D eigenvalue weighted by molar-refractivity contribution is 5.20. The van der Waals surface area contributed by atoms with Gasteiger partial charge in [0.2, 0.25) is 0 Å². The summed E-state index contributed by atoms with van der Waals surface area (Å²) in [6.45, 7) is 4.07. The van der Waals surface area contributed by atoms with Gasteiger partial charge in [0.15, 0.2) is 0 Å². The number of nitrogens with one attached hydrogen (secondary N) is 1. The van der Waals surface area contributed by atoms with Gasteiger partial charge in [-0.15, -0.1) is 0 Å². The van der Waals surface area contributed by atoms with Crippen molar-refractivity contribution < 1.29 is 5.11 Å². The maximum Gasteiger partial charge on any atom is 0.0599 e. The molecule has 106 valence electrons. The molecule has 1 aromatic carbocycles. The third-order valence-corrected chi connectivity index (χ3v) is 3.78. The summed E-state index contributed by atoms with van der Waals surface area (Å²) < 4.78 is 0. The summed E-state index contributed by atoms with van der Waals surface area (Å²) in [7, 11) is 4.18. The molecule has 0 saturated carbocycles. The Labute approximate surface area is 116 Å². The van der Waals surface area contributed by atoms with Gasteiger partial charge in [0, 0.05) is 38.3 Å². The molecule has 4 heteroatoms. The van der Waals surface area contributed by atoms with Gasteiger partial charge in [0.25, 0.3) is 0 Å². The Morgan fingerprint density at radius 2 is 2.05 bits per heavy atom. The van der Waals surface area contributed by atoms with Gasteiger partial charge in [-0.05, 0) is 19.7 Å². The number of piperazine rings is 1. The first-order valence-electron chi connectivity index (χ1n) is 6.98. The molecule has 4 nitrogen and oxygen atoms in total. The van der Waals surface area contributed by atoms with Gasteiger partial charge in [0.1, 0.15) is 0 Å². The maximum absolute atomic E-state index is 9.49. The second-order valence-electron chi connectivity index (χ2n) is 5.51. The summed E-state index contributed by atoms with van der Waals surface area (Å²) in [5.41, 5.74) is 1.33. The molecule has 1 aliphatic rings. The fourth-order valence-corrected chi connectivity index (χ4v) is 2.55. The zero-order valence-electron chi connectivity index (χ0n) is 11.9. The van der Waals surface area contributed by atoms with E-state index in [1.165, 1.54) is 5.56 Å². The van der Waals surface area contributed by atoms with Crippen LogP contribution in [0, 0.1) is 0 Å². The van der Waals surface area contributed by atoms with E-state index >= 15 is 0 Å². The summed E-state index contributed by atoms with van der Waals surface area (Å²) in [5.74, 6) is 0. The van der Waals surface area contributed by atoms with Crippen LogP contribution in [0.3, 0.4) is 0 Å². The molecule has 2 unspecified atom stereocenters. The Hall–Kier alpha value is -0.940. The van der Waals surface area contributed by atoms with Crippen molar-refractivity contribution in [1.82, 2.24) is 15.1 Å². The molecule has 19 heavy (non-hydrogen) atoms. The van der Waals surface area contributed by atoms with Gasteiger partial charge in [-0.1, -0.05) is 30.3 Å². The van der Waals surface area contributed by atoms with Crippen LogP contribution >= 0.6 is 0 Å². The number of hydrogen-bond acceptors (Lipinski definition) is 4. The summed E-state index contributed by atoms with van der Waals surface area (Å²) in [5, 5.41) is 13.0. The molecule has 0 bridgehead atoms. The second kappa shape index (κ2) is 7.01. The standard InChI is InChI=1S/C15H25N3O/c1-17(2)8-9-18-11-15(16-10-14(18)12-19)13-6-4-3-5-7-13/h3-7,14-16,19H,8-12H2,1-2H3. The van der Waals surface area contributed by atoms with Crippen molar-refractivity contribution in [2.24, 2.45) is 0 Å². The number of aliphatic hydroxyl groups excluding tert-OH is 1. The predicted molar refractivity (Wildman–Crippen MR) is 78.2 cm³/mol. The van der Waals surface area contributed by atoms with Crippen LogP contribution in [0.25, 0.3) is 0 Å². The normalized spacial score (nSPS) is 24.8. The molecule has 2 rings (SSSR count). The molecule has 0 aliphatic carbocycles. The van der Waals surface area contributed by atoms with Gasteiger partial charge in [-0.2, -0.15) is 0 Å². The lowest BCUT2D eigenvalue weighted by Gasteiger charge is -2.40. The van der Waals surface area contributed by atoms with E-state index in [-0.39, 0.29) is 12.6 Å². The van der Waals surface area contributed by atoms with E-state index in [0.29, 0.717) is 6.04 Å². The smallest absolute Gasteiger partial charge is 0.0599 e. The highest BCUT2D eigenvalue weighted by atomic mass is 16.3. The minimum absolute atomic E-state index is 0.224. The number of aliphatic hydroxyl groups is 1. The van der Waals surface area contributed by atoms with Crippen LogP contribution < -0.4 is 5.32 Å². The molecule has 1 heterocycles. The molecule has 1 fully saturated rings. The average Bonchev–Trinajstić information content (AvgIpc) is 2.45. The summed E-state index contributed by atoms with van der Waals surface area (Å²) in [6, 6.07) is 11.2. The van der Waals surface area contributed by atoms with Gasteiger partial charge in [0.05, 0.1) is 6.61 Å². The highest BCUT2D eigenvalue weighted by Crippen LogP contribution is 2.19. The zero-order chi connectivity index (χ0) is 13.7. The van der Waals surface area contributed by atoms with E-state index in [1.807, 2.05) is 6.07 Å². The molecule has 0 spiro atoms. The summed E-state index contributed by atoms with van der Waals surface area (Å²) >= 11 is 0. The topological polar surface area (TPSA) is 38.7 Å². The van der Waals surface area contributed by atoms with Crippen molar-refractivity contribution in [3.05, 3.63) is 35.9 Å². The van der Waals surface area contributed by atoms with E-state index in [4.69, 9.17) is 0 Å². The van der Waals surface area contributed by atoms with E-state index in [0.717, 1.165) is 26.2 Å². The van der Waals surface area contributed by atoms with Gasteiger partial charge < -0.3 is 15.3 Å². The first kappa shape index (κ1) is 14.5. The van der Waals surface area contributed by atoms with Crippen molar-refractivity contribution in [3.63, 3.8) is 0 Å². The van der Waals surface area contributed by atoms with Crippen LogP contribution in [-0.4, -0.2) is 67.8 Å². The lowest BCUT2D eigenvalue weighted by Crippen LogP contribution is -2.55. The largest absolute Gasteiger partial charge is 0.395 e. The Balaban J connectivity index is 1.99. The van der Waals surface area contributed by atoms with E-state index in [1.54, 1.807) is 0 Å². The fraction of sp³-hybridized carbons (Fsp3) is 0.600. The van der Waals surface area contributed by atoms with Crippen LogP contribution in [0.4, 0.5) is 0 Å². The summed E-state index contributed by atoms with van der Waals surface area (Å²) in [4.78, 5) is 4.59. The van der Waals surface area contributed by atoms with Crippen molar-refractivity contribution in [2.75, 3.05) is 46.9 Å². The monoisotopic (exact) mass is 263 g/mol. The molecule has 0 aromatic heterocycles. The van der Waals surface area contributed by atoms with E-state index < -0.39 is 0 Å². The number of likely N-dealkylation sites (N-methyl/N-ethyl adjacent to an activating group) is 1. The Bertz CT molecular complexity index is 369. The third kappa shape index (κ3) is 4.01. The quantitative estimate of drug-likeness (QED) is 0.814. The molecule has 0 radical (unpaired) electrons. The molecule has 2 atom stereocenters. The predicted octanol–water partition coefficient (Wildman–Crippen LogP) is 0.555. The number of rotatable bonds is 5. The van der Waals surface area contributed by atoms with Crippen LogP contribution in [-0.2, 0) is 0 Å². The van der Waals surface area contributed by atoms with Gasteiger partial charge in [-0.3, -0.25) is 4.90 Å². The Morgan fingerprint density at radius 1 is 1.32 bits per heavy atom. The average molecular weight is 263 g/mol. The first-order chi connectivity index (χ1) is 9.20. The molecule has 0 amide bonds. The molecule has 2 N–H and O–H groups in total. The lowest BCUT2D eigenvalue weighted by atomic mass is 10.0.